The summed E-state index contributed by atoms with van der Waals surface area (Å²) in [6.07, 6.45) is -3.61. The third-order valence-electron chi connectivity index (χ3n) is 5.47. The van der Waals surface area contributed by atoms with Crippen molar-refractivity contribution in [3.05, 3.63) is 36.2 Å². The van der Waals surface area contributed by atoms with E-state index in [0.29, 0.717) is 30.9 Å². The lowest BCUT2D eigenvalue weighted by molar-refractivity contribution is -0.123. The number of fused-ring (bicyclic) bond motifs is 4. The number of urea groups is 1. The van der Waals surface area contributed by atoms with Crippen molar-refractivity contribution in [3.63, 3.8) is 0 Å². The van der Waals surface area contributed by atoms with Crippen LogP contribution in [-0.2, 0) is 0 Å². The van der Waals surface area contributed by atoms with Gasteiger partial charge in [0, 0.05) is 25.4 Å². The van der Waals surface area contributed by atoms with Crippen LogP contribution in [0.4, 0.5) is 35.3 Å². The highest BCUT2D eigenvalue weighted by Gasteiger charge is 2.40. The molecule has 2 aliphatic rings. The zero-order valence-electron chi connectivity index (χ0n) is 18.3. The maximum atomic E-state index is 13.2. The average Bonchev–Trinajstić information content (AvgIpc) is 3.24. The predicted octanol–water partition coefficient (Wildman–Crippen LogP) is 1.13. The molecule has 0 radical (unpaired) electrons. The SMILES string of the molecule is O=C(NCC(F)(F)F)c1ccc2c(n1)N(C(=O)Nc1cc(OC[C@H](O)CO)ccn1)[C@H]1CCN2C1. The van der Waals surface area contributed by atoms with Crippen molar-refractivity contribution in [1.82, 2.24) is 15.3 Å². The Morgan fingerprint density at radius 3 is 2.83 bits per heavy atom. The van der Waals surface area contributed by atoms with Crippen molar-refractivity contribution < 1.29 is 37.7 Å². The van der Waals surface area contributed by atoms with Crippen LogP contribution in [-0.4, -0.2) is 83.3 Å². The Kier molecular flexibility index (Phi) is 6.93. The number of nitrogens with one attached hydrogen (secondary N) is 2. The van der Waals surface area contributed by atoms with Crippen molar-refractivity contribution in [2.75, 3.05) is 48.0 Å². The largest absolute Gasteiger partial charge is 0.491 e. The quantitative estimate of drug-likeness (QED) is 0.447. The van der Waals surface area contributed by atoms with Crippen molar-refractivity contribution >= 4 is 29.3 Å². The second-order valence-corrected chi connectivity index (χ2v) is 8.05. The van der Waals surface area contributed by atoms with Crippen LogP contribution in [0.15, 0.2) is 30.5 Å². The monoisotopic (exact) mass is 496 g/mol. The van der Waals surface area contributed by atoms with Crippen LogP contribution in [0.2, 0.25) is 0 Å². The van der Waals surface area contributed by atoms with E-state index >= 15 is 0 Å². The fraction of sp³-hybridized carbons (Fsp3) is 0.429. The summed E-state index contributed by atoms with van der Waals surface area (Å²) in [5, 5.41) is 22.8. The molecule has 2 aliphatic heterocycles. The van der Waals surface area contributed by atoms with Gasteiger partial charge in [-0.2, -0.15) is 13.2 Å². The lowest BCUT2D eigenvalue weighted by atomic mass is 10.1. The van der Waals surface area contributed by atoms with E-state index in [4.69, 9.17) is 9.84 Å². The number of aliphatic hydroxyl groups is 2. The highest BCUT2D eigenvalue weighted by molar-refractivity contribution is 6.05. The molecule has 1 fully saturated rings. The van der Waals surface area contributed by atoms with Gasteiger partial charge in [0.2, 0.25) is 0 Å². The van der Waals surface area contributed by atoms with Gasteiger partial charge in [-0.1, -0.05) is 0 Å². The van der Waals surface area contributed by atoms with Crippen LogP contribution in [0.25, 0.3) is 0 Å². The Hall–Kier alpha value is -3.65. The zero-order chi connectivity index (χ0) is 25.2. The molecule has 11 nitrogen and oxygen atoms in total. The van der Waals surface area contributed by atoms with Gasteiger partial charge in [0.25, 0.3) is 5.91 Å². The molecule has 4 rings (SSSR count). The fourth-order valence-corrected chi connectivity index (χ4v) is 3.85. The first kappa shape index (κ1) is 24.5. The maximum Gasteiger partial charge on any atom is 0.405 e. The Labute approximate surface area is 197 Å². The topological polar surface area (TPSA) is 140 Å². The number of carbonyl (C=O) groups is 2. The highest BCUT2D eigenvalue weighted by atomic mass is 19.4. The number of carbonyl (C=O) groups excluding carboxylic acids is 2. The van der Waals surface area contributed by atoms with E-state index in [1.807, 2.05) is 4.90 Å². The molecular weight excluding hydrogens is 473 g/mol. The standard InChI is InChI=1S/C21H23F3N6O5/c22-21(23,24)11-26-19(33)15-1-2-16-18(27-15)30(12-4-6-29(16)8-12)20(34)28-17-7-14(3-5-25-17)35-10-13(32)9-31/h1-3,5,7,12-13,31-32H,4,6,8-11H2,(H,26,33)(H,25,28,34)/t12-,13+/m0/s1. The third-order valence-corrected chi connectivity index (χ3v) is 5.47. The summed E-state index contributed by atoms with van der Waals surface area (Å²) >= 11 is 0. The van der Waals surface area contributed by atoms with Crippen LogP contribution in [0, 0.1) is 0 Å². The minimum absolute atomic E-state index is 0.145. The van der Waals surface area contributed by atoms with Gasteiger partial charge in [0.05, 0.1) is 18.3 Å². The number of amides is 3. The highest BCUT2D eigenvalue weighted by Crippen LogP contribution is 2.39. The number of alkyl halides is 3. The minimum atomic E-state index is -4.57. The summed E-state index contributed by atoms with van der Waals surface area (Å²) in [6, 6.07) is 4.98. The summed E-state index contributed by atoms with van der Waals surface area (Å²) in [4.78, 5) is 37.1. The number of nitrogens with zero attached hydrogens (tertiary/aromatic N) is 4. The van der Waals surface area contributed by atoms with Gasteiger partial charge in [0.15, 0.2) is 5.82 Å². The number of pyridine rings is 2. The first-order chi connectivity index (χ1) is 16.6. The summed E-state index contributed by atoms with van der Waals surface area (Å²) in [7, 11) is 0. The molecule has 14 heteroatoms. The molecule has 1 saturated heterocycles. The van der Waals surface area contributed by atoms with Crippen molar-refractivity contribution in [2.24, 2.45) is 0 Å². The third kappa shape index (κ3) is 5.71. The Morgan fingerprint density at radius 2 is 2.09 bits per heavy atom. The van der Waals surface area contributed by atoms with Gasteiger partial charge in [-0.05, 0) is 24.6 Å². The number of aliphatic hydroxyl groups excluding tert-OH is 2. The Bertz CT molecular complexity index is 1100. The minimum Gasteiger partial charge on any atom is -0.491 e. The average molecular weight is 496 g/mol. The van der Waals surface area contributed by atoms with E-state index in [0.717, 1.165) is 0 Å². The molecule has 3 amide bonds. The van der Waals surface area contributed by atoms with Crippen LogP contribution in [0.1, 0.15) is 16.9 Å². The van der Waals surface area contributed by atoms with E-state index in [1.54, 1.807) is 11.4 Å². The lowest BCUT2D eigenvalue weighted by Crippen LogP contribution is -2.48. The normalized spacial score (nSPS) is 17.6. The maximum absolute atomic E-state index is 13.2. The summed E-state index contributed by atoms with van der Waals surface area (Å²) in [6.45, 7) is -0.934. The smallest absolute Gasteiger partial charge is 0.405 e. The molecular formula is C21H23F3N6O5. The van der Waals surface area contributed by atoms with Crippen LogP contribution in [0.3, 0.4) is 0 Å². The predicted molar refractivity (Wildman–Crippen MR) is 118 cm³/mol. The number of hydrogen-bond acceptors (Lipinski definition) is 8. The van der Waals surface area contributed by atoms with Gasteiger partial charge in [0.1, 0.15) is 36.5 Å². The van der Waals surface area contributed by atoms with E-state index in [-0.39, 0.29) is 30.0 Å². The van der Waals surface area contributed by atoms with Gasteiger partial charge >= 0.3 is 12.2 Å². The number of halogens is 3. The molecule has 0 unspecified atom stereocenters. The molecule has 4 heterocycles. The summed E-state index contributed by atoms with van der Waals surface area (Å²) in [5.41, 5.74) is 0.341. The Balaban J connectivity index is 1.53. The van der Waals surface area contributed by atoms with Crippen molar-refractivity contribution in [1.29, 1.82) is 0 Å². The van der Waals surface area contributed by atoms with E-state index < -0.39 is 37.4 Å². The number of ether oxygens (including phenoxy) is 1. The number of anilines is 3. The van der Waals surface area contributed by atoms with E-state index in [1.165, 1.54) is 29.3 Å². The van der Waals surface area contributed by atoms with Crippen LogP contribution < -0.4 is 25.2 Å². The molecule has 0 aliphatic carbocycles. The summed E-state index contributed by atoms with van der Waals surface area (Å²) in [5.74, 6) is -0.396. The molecule has 35 heavy (non-hydrogen) atoms. The molecule has 0 aromatic carbocycles. The molecule has 2 atom stereocenters. The molecule has 2 aromatic heterocycles. The van der Waals surface area contributed by atoms with Crippen LogP contribution in [0.5, 0.6) is 5.75 Å². The van der Waals surface area contributed by atoms with E-state index in [9.17, 15) is 27.9 Å². The zero-order valence-corrected chi connectivity index (χ0v) is 18.3. The van der Waals surface area contributed by atoms with Crippen molar-refractivity contribution in [2.45, 2.75) is 24.7 Å². The number of rotatable bonds is 7. The van der Waals surface area contributed by atoms with Gasteiger partial charge in [-0.25, -0.2) is 14.8 Å². The van der Waals surface area contributed by atoms with E-state index in [2.05, 4.69) is 15.3 Å². The molecule has 188 valence electrons. The molecule has 2 aromatic rings. The van der Waals surface area contributed by atoms with Crippen LogP contribution >= 0.6 is 0 Å². The Morgan fingerprint density at radius 1 is 1.29 bits per heavy atom. The first-order valence-corrected chi connectivity index (χ1v) is 10.7. The lowest BCUT2D eigenvalue weighted by Gasteiger charge is -2.35. The van der Waals surface area contributed by atoms with Gasteiger partial charge in [-0.15, -0.1) is 0 Å². The summed E-state index contributed by atoms with van der Waals surface area (Å²) < 4.78 is 42.8. The molecule has 4 N–H and O–H groups in total. The van der Waals surface area contributed by atoms with Gasteiger partial charge in [-0.3, -0.25) is 15.0 Å². The first-order valence-electron chi connectivity index (χ1n) is 10.7. The number of hydrogen-bond donors (Lipinski definition) is 4. The molecule has 2 bridgehead atoms. The second-order valence-electron chi connectivity index (χ2n) is 8.05. The van der Waals surface area contributed by atoms with Crippen molar-refractivity contribution in [3.8, 4) is 5.75 Å². The second kappa shape index (κ2) is 9.92. The fourth-order valence-electron chi connectivity index (χ4n) is 3.85. The van der Waals surface area contributed by atoms with Gasteiger partial charge < -0.3 is 25.2 Å². The molecule has 0 spiro atoms. The molecule has 0 saturated carbocycles. The number of aromatic nitrogens is 2.